The average Bonchev–Trinajstić information content (AvgIpc) is 3.93. The summed E-state index contributed by atoms with van der Waals surface area (Å²) >= 11 is 0. The van der Waals surface area contributed by atoms with E-state index >= 15 is 0 Å². The van der Waals surface area contributed by atoms with Crippen molar-refractivity contribution in [1.29, 1.82) is 0 Å². The van der Waals surface area contributed by atoms with Crippen LogP contribution in [-0.4, -0.2) is 54.1 Å². The number of aromatic nitrogens is 2. The first kappa shape index (κ1) is 33.7. The van der Waals surface area contributed by atoms with E-state index in [4.69, 9.17) is 0 Å². The van der Waals surface area contributed by atoms with Crippen LogP contribution in [0.5, 0.6) is 0 Å². The lowest BCUT2D eigenvalue weighted by molar-refractivity contribution is -0.383. The number of non-ortho nitro benzene ring substituents is 1. The molecule has 7 rings (SSSR count). The van der Waals surface area contributed by atoms with Crippen molar-refractivity contribution in [1.82, 2.24) is 15.0 Å². The molecule has 1 atom stereocenters. The fourth-order valence-electron chi connectivity index (χ4n) is 6.72. The Labute approximate surface area is 291 Å². The van der Waals surface area contributed by atoms with Crippen LogP contribution in [0.15, 0.2) is 67.2 Å². The maximum atomic E-state index is 13.2. The number of rotatable bonds is 13. The molecule has 4 aromatic rings. The molecule has 0 saturated carbocycles. The quantitative estimate of drug-likeness (QED) is 0.0779. The number of nitrogens with zero attached hydrogens (tertiary/aromatic N) is 6. The summed E-state index contributed by atoms with van der Waals surface area (Å²) in [6, 6.07) is 9.99. The average molecular weight is 715 g/mol. The zero-order valence-corrected chi connectivity index (χ0v) is 28.2. The fourth-order valence-corrected chi connectivity index (χ4v) is 7.67. The number of nitrogens with one attached hydrogen (secondary N) is 4. The first-order valence-corrected chi connectivity index (χ1v) is 18.1. The Bertz CT molecular complexity index is 2180. The minimum Gasteiger partial charge on any atom is -0.383 e. The van der Waals surface area contributed by atoms with Gasteiger partial charge in [0, 0.05) is 36.8 Å². The van der Waals surface area contributed by atoms with E-state index < -0.39 is 27.1 Å². The predicted octanol–water partition coefficient (Wildman–Crippen LogP) is 5.42. The van der Waals surface area contributed by atoms with Gasteiger partial charge >= 0.3 is 11.7 Å². The Morgan fingerprint density at radius 2 is 1.73 bits per heavy atom. The molecule has 264 valence electrons. The number of amides is 3. The van der Waals surface area contributed by atoms with Crippen molar-refractivity contribution in [3.05, 3.63) is 74.8 Å². The number of carbonyl (C=O) groups excluding carboxylic acids is 2. The van der Waals surface area contributed by atoms with Crippen molar-refractivity contribution in [2.24, 2.45) is 15.2 Å². The zero-order valence-electron chi connectivity index (χ0n) is 27.3. The summed E-state index contributed by atoms with van der Waals surface area (Å²) in [6.45, 7) is 0.505. The summed E-state index contributed by atoms with van der Waals surface area (Å²) in [6.07, 6.45) is 6.71. The molecular weight excluding hydrogens is 680 g/mol. The predicted molar refractivity (Wildman–Crippen MR) is 186 cm³/mol. The number of aliphatic imine (C=N–C) groups is 1. The van der Waals surface area contributed by atoms with Gasteiger partial charge in [-0.15, -0.1) is 5.11 Å². The second kappa shape index (κ2) is 14.2. The number of fused-ring (bicyclic) bond motifs is 3. The van der Waals surface area contributed by atoms with Gasteiger partial charge < -0.3 is 16.0 Å². The van der Waals surface area contributed by atoms with Crippen LogP contribution in [0.25, 0.3) is 11.0 Å². The molecule has 3 aliphatic rings. The maximum absolute atomic E-state index is 13.2. The number of azo groups is 1. The first-order valence-electron chi connectivity index (χ1n) is 16.7. The van der Waals surface area contributed by atoms with Gasteiger partial charge in [-0.3, -0.25) is 14.9 Å². The number of nitro benzene ring substituents is 1. The molecule has 0 spiro atoms. The summed E-state index contributed by atoms with van der Waals surface area (Å²) in [5.41, 5.74) is 6.33. The van der Waals surface area contributed by atoms with E-state index in [1.807, 2.05) is 0 Å². The number of aryl methyl sites for hydroxylation is 2. The van der Waals surface area contributed by atoms with Crippen molar-refractivity contribution >= 4 is 61.6 Å². The van der Waals surface area contributed by atoms with Gasteiger partial charge in [-0.1, -0.05) is 12.1 Å². The lowest BCUT2D eigenvalue weighted by atomic mass is 9.99. The van der Waals surface area contributed by atoms with Gasteiger partial charge in [0.05, 0.1) is 15.5 Å². The van der Waals surface area contributed by atoms with Crippen LogP contribution in [-0.2, 0) is 40.5 Å². The number of benzene rings is 3. The van der Waals surface area contributed by atoms with E-state index in [0.717, 1.165) is 55.3 Å². The third kappa shape index (κ3) is 7.40. The zero-order chi connectivity index (χ0) is 35.5. The lowest BCUT2D eigenvalue weighted by Gasteiger charge is -2.16. The van der Waals surface area contributed by atoms with Crippen molar-refractivity contribution in [3.8, 4) is 0 Å². The topological polar surface area (TPSA) is 236 Å². The molecule has 0 radical (unpaired) electrons. The molecule has 51 heavy (non-hydrogen) atoms. The van der Waals surface area contributed by atoms with E-state index in [1.165, 1.54) is 35.4 Å². The Hall–Kier alpha value is -5.78. The van der Waals surface area contributed by atoms with Gasteiger partial charge in [0.25, 0.3) is 10.0 Å². The van der Waals surface area contributed by atoms with E-state index in [2.05, 4.69) is 56.9 Å². The molecule has 1 aromatic heterocycles. The fraction of sp³-hybridized carbons (Fsp3) is 0.364. The van der Waals surface area contributed by atoms with Gasteiger partial charge in [-0.05, 0) is 108 Å². The minimum absolute atomic E-state index is 0.0390. The molecule has 2 heterocycles. The number of nitro groups is 1. The lowest BCUT2D eigenvalue weighted by Crippen LogP contribution is -2.35. The smallest absolute Gasteiger partial charge is 0.333 e. The normalized spacial score (nSPS) is 16.1. The molecule has 2 aliphatic carbocycles. The van der Waals surface area contributed by atoms with Crippen molar-refractivity contribution in [3.63, 3.8) is 0 Å². The van der Waals surface area contributed by atoms with E-state index in [9.17, 15) is 28.1 Å². The van der Waals surface area contributed by atoms with E-state index in [-0.39, 0.29) is 46.1 Å². The molecule has 0 fully saturated rings. The molecule has 3 amide bonds. The van der Waals surface area contributed by atoms with E-state index in [1.54, 1.807) is 12.1 Å². The number of urea groups is 1. The van der Waals surface area contributed by atoms with Gasteiger partial charge in [-0.2, -0.15) is 5.11 Å². The molecular formula is C33H34N10O7S. The van der Waals surface area contributed by atoms with Crippen LogP contribution < -0.4 is 20.7 Å². The van der Waals surface area contributed by atoms with Crippen LogP contribution in [0.1, 0.15) is 60.8 Å². The number of amidine groups is 1. The molecule has 17 nitrogen and oxygen atoms in total. The molecule has 4 N–H and O–H groups in total. The largest absolute Gasteiger partial charge is 0.383 e. The van der Waals surface area contributed by atoms with Gasteiger partial charge in [0.1, 0.15) is 5.84 Å². The third-order valence-electron chi connectivity index (χ3n) is 9.09. The van der Waals surface area contributed by atoms with Crippen molar-refractivity contribution in [2.45, 2.75) is 75.3 Å². The monoisotopic (exact) mass is 714 g/mol. The summed E-state index contributed by atoms with van der Waals surface area (Å²) in [7, 11) is -4.23. The summed E-state index contributed by atoms with van der Waals surface area (Å²) in [4.78, 5) is 40.6. The molecule has 1 aliphatic heterocycles. The highest BCUT2D eigenvalue weighted by Crippen LogP contribution is 2.38. The SMILES string of the molecule is O=C(CCC1=NC(CCCNc2ccc([N+](=O)[O-])c3nonc23)N=N1)Nc1cccc(S(=O)(=O)NC(=O)Nc2c3c(cc4c2CCC4)CCC3)c1. The van der Waals surface area contributed by atoms with Crippen LogP contribution in [0.4, 0.5) is 27.5 Å². The summed E-state index contributed by atoms with van der Waals surface area (Å²) in [5, 5.41) is 35.5. The molecule has 1 unspecified atom stereocenters. The van der Waals surface area contributed by atoms with Crippen LogP contribution in [0.3, 0.4) is 0 Å². The van der Waals surface area contributed by atoms with E-state index in [0.29, 0.717) is 30.9 Å². The van der Waals surface area contributed by atoms with Gasteiger partial charge in [0.2, 0.25) is 11.4 Å². The highest BCUT2D eigenvalue weighted by molar-refractivity contribution is 7.90. The molecule has 3 aromatic carbocycles. The third-order valence-corrected chi connectivity index (χ3v) is 10.4. The Balaban J connectivity index is 0.873. The maximum Gasteiger partial charge on any atom is 0.333 e. The highest BCUT2D eigenvalue weighted by atomic mass is 32.2. The Morgan fingerprint density at radius 3 is 2.49 bits per heavy atom. The number of sulfonamides is 1. The first-order chi connectivity index (χ1) is 24.6. The Morgan fingerprint density at radius 1 is 0.961 bits per heavy atom. The second-order valence-electron chi connectivity index (χ2n) is 12.5. The number of hydrogen-bond acceptors (Lipinski definition) is 13. The Kier molecular flexibility index (Phi) is 9.40. The standard InChI is InChI=1S/C33H34N10O7S/c44-29(15-14-28-36-27(38-39-28)11-4-16-34-25-12-13-26(43(46)47)32-31(25)40-50-41-32)35-21-7-3-8-22(18-21)51(48,49)42-33(45)37-30-23-9-1-5-19(23)17-20-6-2-10-24(20)30/h3,7-8,12-13,17-18,27,34H,1-2,4-6,9-11,14-16H2,(H,35,44)(H2,37,42,45). The highest BCUT2D eigenvalue weighted by Gasteiger charge is 2.27. The van der Waals surface area contributed by atoms with Crippen LogP contribution in [0.2, 0.25) is 0 Å². The van der Waals surface area contributed by atoms with Crippen LogP contribution >= 0.6 is 0 Å². The number of hydrogen-bond donors (Lipinski definition) is 4. The van der Waals surface area contributed by atoms with Crippen molar-refractivity contribution in [2.75, 3.05) is 22.5 Å². The molecule has 0 saturated heterocycles. The summed E-state index contributed by atoms with van der Waals surface area (Å²) in [5.74, 6) is 0.0550. The minimum atomic E-state index is -4.23. The second-order valence-corrected chi connectivity index (χ2v) is 14.2. The van der Waals surface area contributed by atoms with Gasteiger partial charge in [-0.25, -0.2) is 27.6 Å². The molecule has 0 bridgehead atoms. The number of carbonyl (C=O) groups is 2. The number of anilines is 3. The van der Waals surface area contributed by atoms with Crippen molar-refractivity contribution < 1.29 is 27.6 Å². The van der Waals surface area contributed by atoms with Crippen LogP contribution in [0, 0.1) is 10.1 Å². The van der Waals surface area contributed by atoms with Gasteiger partial charge in [0.15, 0.2) is 11.7 Å². The molecule has 18 heteroatoms. The summed E-state index contributed by atoms with van der Waals surface area (Å²) < 4.78 is 33.1.